The molecule has 2 aromatic rings. The van der Waals surface area contributed by atoms with Gasteiger partial charge in [-0.1, -0.05) is 42.0 Å². The summed E-state index contributed by atoms with van der Waals surface area (Å²) in [5.74, 6) is 0.508. The predicted octanol–water partition coefficient (Wildman–Crippen LogP) is 2.89. The number of anilines is 1. The Balaban J connectivity index is 2.17. The Kier molecular flexibility index (Phi) is 3.59. The van der Waals surface area contributed by atoms with Gasteiger partial charge in [-0.3, -0.25) is 4.21 Å². The summed E-state index contributed by atoms with van der Waals surface area (Å²) >= 11 is 0. The number of aryl methyl sites for hydroxylation is 1. The molecule has 0 aliphatic rings. The van der Waals surface area contributed by atoms with Crippen LogP contribution >= 0.6 is 0 Å². The third-order valence-corrected chi connectivity index (χ3v) is 4.04. The first-order valence-corrected chi connectivity index (χ1v) is 6.77. The minimum Gasteiger partial charge on any atom is -0.398 e. The first-order valence-electron chi connectivity index (χ1n) is 5.45. The Labute approximate surface area is 104 Å². The largest absolute Gasteiger partial charge is 0.398 e. The zero-order valence-electron chi connectivity index (χ0n) is 9.72. The van der Waals surface area contributed by atoms with Crippen LogP contribution in [0.15, 0.2) is 53.4 Å². The maximum atomic E-state index is 12.2. The van der Waals surface area contributed by atoms with E-state index in [1.807, 2.05) is 49.4 Å². The average molecular weight is 245 g/mol. The zero-order valence-corrected chi connectivity index (χ0v) is 10.5. The summed E-state index contributed by atoms with van der Waals surface area (Å²) in [4.78, 5) is 0.716. The summed E-state index contributed by atoms with van der Waals surface area (Å²) in [5.41, 5.74) is 8.68. The second-order valence-electron chi connectivity index (χ2n) is 4.01. The Bertz CT molecular complexity index is 534. The lowest BCUT2D eigenvalue weighted by atomic mass is 10.2. The van der Waals surface area contributed by atoms with E-state index in [0.29, 0.717) is 16.3 Å². The minimum atomic E-state index is -1.08. The molecule has 0 saturated heterocycles. The molecule has 2 N–H and O–H groups in total. The summed E-state index contributed by atoms with van der Waals surface area (Å²) < 4.78 is 12.2. The molecule has 0 bridgehead atoms. The zero-order chi connectivity index (χ0) is 12.3. The monoisotopic (exact) mass is 245 g/mol. The number of rotatable bonds is 3. The van der Waals surface area contributed by atoms with E-state index in [0.717, 1.165) is 5.56 Å². The lowest BCUT2D eigenvalue weighted by Crippen LogP contribution is -2.00. The molecule has 0 amide bonds. The van der Waals surface area contributed by atoms with Gasteiger partial charge in [0.1, 0.15) is 0 Å². The van der Waals surface area contributed by atoms with Gasteiger partial charge in [0.2, 0.25) is 0 Å². The van der Waals surface area contributed by atoms with Gasteiger partial charge >= 0.3 is 0 Å². The Morgan fingerprint density at radius 1 is 1.06 bits per heavy atom. The van der Waals surface area contributed by atoms with Crippen LogP contribution in [0.2, 0.25) is 0 Å². The first kappa shape index (κ1) is 11.9. The fourth-order valence-electron chi connectivity index (χ4n) is 1.60. The van der Waals surface area contributed by atoms with Gasteiger partial charge in [0.05, 0.1) is 21.4 Å². The van der Waals surface area contributed by atoms with Crippen LogP contribution in [0.3, 0.4) is 0 Å². The summed E-state index contributed by atoms with van der Waals surface area (Å²) in [6, 6.07) is 15.4. The van der Waals surface area contributed by atoms with Crippen molar-refractivity contribution in [3.8, 4) is 0 Å². The number of nitrogen functional groups attached to an aromatic ring is 1. The normalized spacial score (nSPS) is 12.3. The molecular weight excluding hydrogens is 230 g/mol. The van der Waals surface area contributed by atoms with E-state index in [1.54, 1.807) is 6.07 Å². The molecule has 0 spiro atoms. The number of hydrogen-bond donors (Lipinski definition) is 1. The van der Waals surface area contributed by atoms with Gasteiger partial charge < -0.3 is 5.73 Å². The fourth-order valence-corrected chi connectivity index (χ4v) is 2.81. The number of nitrogens with two attached hydrogens (primary N) is 1. The third-order valence-electron chi connectivity index (χ3n) is 2.58. The second kappa shape index (κ2) is 5.15. The maximum Gasteiger partial charge on any atom is 0.0620 e. The first-order chi connectivity index (χ1) is 8.16. The highest BCUT2D eigenvalue weighted by molar-refractivity contribution is 7.84. The van der Waals surface area contributed by atoms with Crippen LogP contribution in [0.4, 0.5) is 5.69 Å². The molecule has 1 atom stereocenters. The molecule has 0 aliphatic heterocycles. The predicted molar refractivity (Wildman–Crippen MR) is 72.1 cm³/mol. The van der Waals surface area contributed by atoms with Gasteiger partial charge in [-0.2, -0.15) is 0 Å². The summed E-state index contributed by atoms with van der Waals surface area (Å²) in [7, 11) is -1.08. The molecule has 2 rings (SSSR count). The van der Waals surface area contributed by atoms with Crippen molar-refractivity contribution in [3.05, 3.63) is 59.7 Å². The fraction of sp³-hybridized carbons (Fsp3) is 0.143. The van der Waals surface area contributed by atoms with E-state index in [2.05, 4.69) is 0 Å². The van der Waals surface area contributed by atoms with Crippen molar-refractivity contribution in [1.82, 2.24) is 0 Å². The highest BCUT2D eigenvalue weighted by atomic mass is 32.2. The Hall–Kier alpha value is -1.61. The van der Waals surface area contributed by atoms with Gasteiger partial charge in [0.25, 0.3) is 0 Å². The molecule has 2 nitrogen and oxygen atoms in total. The van der Waals surface area contributed by atoms with Crippen LogP contribution in [0.1, 0.15) is 11.1 Å². The summed E-state index contributed by atoms with van der Waals surface area (Å²) in [5, 5.41) is 0. The van der Waals surface area contributed by atoms with E-state index in [9.17, 15) is 4.21 Å². The SMILES string of the molecule is Cc1ccc(CS(=O)c2ccccc2N)cc1. The van der Waals surface area contributed by atoms with E-state index in [-0.39, 0.29) is 0 Å². The summed E-state index contributed by atoms with van der Waals surface area (Å²) in [6.45, 7) is 2.04. The van der Waals surface area contributed by atoms with Crippen LogP contribution in [0.5, 0.6) is 0 Å². The van der Waals surface area contributed by atoms with Gasteiger partial charge in [0.15, 0.2) is 0 Å². The van der Waals surface area contributed by atoms with Gasteiger partial charge in [0, 0.05) is 5.69 Å². The van der Waals surface area contributed by atoms with Crippen molar-refractivity contribution in [3.63, 3.8) is 0 Å². The molecule has 0 fully saturated rings. The van der Waals surface area contributed by atoms with Crippen molar-refractivity contribution < 1.29 is 4.21 Å². The summed E-state index contributed by atoms with van der Waals surface area (Å²) in [6.07, 6.45) is 0. The van der Waals surface area contributed by atoms with Crippen LogP contribution in [0.25, 0.3) is 0 Å². The number of benzene rings is 2. The number of hydrogen-bond acceptors (Lipinski definition) is 2. The molecule has 1 unspecified atom stereocenters. The molecule has 17 heavy (non-hydrogen) atoms. The molecule has 0 radical (unpaired) electrons. The van der Waals surface area contributed by atoms with Gasteiger partial charge in [-0.25, -0.2) is 0 Å². The molecular formula is C14H15NOS. The average Bonchev–Trinajstić information content (AvgIpc) is 2.32. The molecule has 3 heteroatoms. The van der Waals surface area contributed by atoms with Crippen molar-refractivity contribution >= 4 is 16.5 Å². The number of para-hydroxylation sites is 1. The lowest BCUT2D eigenvalue weighted by Gasteiger charge is -2.05. The van der Waals surface area contributed by atoms with Crippen LogP contribution < -0.4 is 5.73 Å². The third kappa shape index (κ3) is 2.94. The molecule has 88 valence electrons. The van der Waals surface area contributed by atoms with Crippen LogP contribution in [-0.2, 0) is 16.6 Å². The van der Waals surface area contributed by atoms with E-state index >= 15 is 0 Å². The molecule has 0 aromatic heterocycles. The van der Waals surface area contributed by atoms with E-state index < -0.39 is 10.8 Å². The van der Waals surface area contributed by atoms with Crippen LogP contribution in [-0.4, -0.2) is 4.21 Å². The van der Waals surface area contributed by atoms with Crippen molar-refractivity contribution in [2.75, 3.05) is 5.73 Å². The molecule has 0 saturated carbocycles. The minimum absolute atomic E-state index is 0.508. The van der Waals surface area contributed by atoms with Crippen LogP contribution in [0, 0.1) is 6.92 Å². The molecule has 0 heterocycles. The molecule has 0 aliphatic carbocycles. The quantitative estimate of drug-likeness (QED) is 0.845. The van der Waals surface area contributed by atoms with Crippen molar-refractivity contribution in [1.29, 1.82) is 0 Å². The van der Waals surface area contributed by atoms with Crippen molar-refractivity contribution in [2.24, 2.45) is 0 Å². The Morgan fingerprint density at radius 3 is 2.35 bits per heavy atom. The standard InChI is InChI=1S/C14H15NOS/c1-11-6-8-12(9-7-11)10-17(16)14-5-3-2-4-13(14)15/h2-9H,10,15H2,1H3. The highest BCUT2D eigenvalue weighted by Crippen LogP contribution is 2.18. The van der Waals surface area contributed by atoms with Gasteiger partial charge in [-0.15, -0.1) is 0 Å². The maximum absolute atomic E-state index is 12.2. The van der Waals surface area contributed by atoms with E-state index in [4.69, 9.17) is 5.73 Å². The highest BCUT2D eigenvalue weighted by Gasteiger charge is 2.07. The molecule has 2 aromatic carbocycles. The van der Waals surface area contributed by atoms with Crippen molar-refractivity contribution in [2.45, 2.75) is 17.6 Å². The smallest absolute Gasteiger partial charge is 0.0620 e. The second-order valence-corrected chi connectivity index (χ2v) is 5.43. The topological polar surface area (TPSA) is 43.1 Å². The Morgan fingerprint density at radius 2 is 1.71 bits per heavy atom. The van der Waals surface area contributed by atoms with E-state index in [1.165, 1.54) is 5.56 Å². The van der Waals surface area contributed by atoms with Gasteiger partial charge in [-0.05, 0) is 24.6 Å². The lowest BCUT2D eigenvalue weighted by molar-refractivity contribution is 0.683.